The fraction of sp³-hybridized carbons (Fsp3) is 0.923. The van der Waals surface area contributed by atoms with Crippen molar-refractivity contribution >= 4 is 16.1 Å². The molecule has 1 amide bonds. The summed E-state index contributed by atoms with van der Waals surface area (Å²) in [7, 11) is -4.62. The van der Waals surface area contributed by atoms with Crippen LogP contribution in [0.2, 0.25) is 0 Å². The highest BCUT2D eigenvalue weighted by Gasteiger charge is 2.42. The van der Waals surface area contributed by atoms with Crippen molar-refractivity contribution in [2.24, 2.45) is 17.8 Å². The molecule has 0 radical (unpaired) electrons. The molecule has 0 aromatic carbocycles. The molecule has 0 aromatic heterocycles. The van der Waals surface area contributed by atoms with E-state index in [9.17, 15) is 30.3 Å². The van der Waals surface area contributed by atoms with Gasteiger partial charge in [-0.05, 0) is 31.6 Å². The van der Waals surface area contributed by atoms with Crippen molar-refractivity contribution in [3.63, 3.8) is 0 Å². The van der Waals surface area contributed by atoms with E-state index in [1.807, 2.05) is 0 Å². The van der Waals surface area contributed by atoms with Gasteiger partial charge in [-0.3, -0.25) is 4.79 Å². The highest BCUT2D eigenvalue weighted by Crippen LogP contribution is 2.40. The summed E-state index contributed by atoms with van der Waals surface area (Å²) in [4.78, 5) is 13.3. The summed E-state index contributed by atoms with van der Waals surface area (Å²) in [5, 5.41) is 0. The van der Waals surface area contributed by atoms with Crippen LogP contribution in [0.5, 0.6) is 0 Å². The van der Waals surface area contributed by atoms with E-state index in [0.717, 1.165) is 0 Å². The van der Waals surface area contributed by atoms with E-state index in [1.165, 1.54) is 4.90 Å². The maximum Gasteiger partial charge on any atom is 0.391 e. The molecule has 1 heterocycles. The molecule has 1 saturated carbocycles. The van der Waals surface area contributed by atoms with Crippen LogP contribution in [-0.4, -0.2) is 44.2 Å². The standard InChI is InChI=1S/C13H19F4NO3S/c14-13(15,16)11-3-1-9(2-4-11)6-18-7-10(5-12(18)19)8-22(17,20)21/h9-11H,1-8H2. The molecule has 1 saturated heterocycles. The molecule has 1 aliphatic heterocycles. The summed E-state index contributed by atoms with van der Waals surface area (Å²) in [6, 6.07) is 0. The average Bonchev–Trinajstić information content (AvgIpc) is 2.66. The number of carbonyl (C=O) groups excluding carboxylic acids is 1. The van der Waals surface area contributed by atoms with Crippen LogP contribution >= 0.6 is 0 Å². The molecule has 2 fully saturated rings. The highest BCUT2D eigenvalue weighted by atomic mass is 32.3. The van der Waals surface area contributed by atoms with Crippen LogP contribution in [-0.2, 0) is 15.0 Å². The number of hydrogen-bond acceptors (Lipinski definition) is 3. The molecule has 22 heavy (non-hydrogen) atoms. The molecule has 0 aromatic rings. The maximum atomic E-state index is 12.6. The van der Waals surface area contributed by atoms with Gasteiger partial charge in [-0.2, -0.15) is 21.6 Å². The van der Waals surface area contributed by atoms with Gasteiger partial charge in [0.05, 0.1) is 11.7 Å². The maximum absolute atomic E-state index is 12.6. The second-order valence-corrected chi connectivity index (χ2v) is 7.74. The SMILES string of the molecule is O=C1CC(CS(=O)(=O)F)CN1CC1CCC(C(F)(F)F)CC1. The Kier molecular flexibility index (Phi) is 5.03. The van der Waals surface area contributed by atoms with E-state index in [0.29, 0.717) is 19.4 Å². The van der Waals surface area contributed by atoms with Gasteiger partial charge in [0, 0.05) is 25.4 Å². The number of likely N-dealkylation sites (tertiary alicyclic amines) is 1. The van der Waals surface area contributed by atoms with E-state index >= 15 is 0 Å². The zero-order valence-corrected chi connectivity index (χ0v) is 12.8. The van der Waals surface area contributed by atoms with Crippen molar-refractivity contribution in [3.8, 4) is 0 Å². The minimum absolute atomic E-state index is 0.00304. The number of carbonyl (C=O) groups is 1. The van der Waals surface area contributed by atoms with E-state index in [-0.39, 0.29) is 37.6 Å². The Bertz CT molecular complexity index is 512. The Balaban J connectivity index is 1.82. The molecule has 2 aliphatic rings. The first-order chi connectivity index (χ1) is 10.0. The van der Waals surface area contributed by atoms with Crippen LogP contribution < -0.4 is 0 Å². The van der Waals surface area contributed by atoms with E-state index < -0.39 is 34.0 Å². The normalized spacial score (nSPS) is 30.8. The Morgan fingerprint density at radius 3 is 2.18 bits per heavy atom. The molecular formula is C13H19F4NO3S. The van der Waals surface area contributed by atoms with Crippen LogP contribution in [0.4, 0.5) is 17.1 Å². The third kappa shape index (κ3) is 4.82. The summed E-state index contributed by atoms with van der Waals surface area (Å²) in [5.41, 5.74) is 0. The molecule has 0 bridgehead atoms. The smallest absolute Gasteiger partial charge is 0.342 e. The number of amides is 1. The largest absolute Gasteiger partial charge is 0.391 e. The lowest BCUT2D eigenvalue weighted by atomic mass is 9.81. The summed E-state index contributed by atoms with van der Waals surface area (Å²) < 4.78 is 71.6. The zero-order chi connectivity index (χ0) is 16.5. The van der Waals surface area contributed by atoms with E-state index in [1.54, 1.807) is 0 Å². The number of alkyl halides is 3. The Morgan fingerprint density at radius 2 is 1.68 bits per heavy atom. The second kappa shape index (κ2) is 6.33. The first kappa shape index (κ1) is 17.5. The van der Waals surface area contributed by atoms with Crippen LogP contribution in [0, 0.1) is 17.8 Å². The Hall–Kier alpha value is -0.860. The van der Waals surface area contributed by atoms with Gasteiger partial charge < -0.3 is 4.90 Å². The predicted molar refractivity (Wildman–Crippen MR) is 71.1 cm³/mol. The van der Waals surface area contributed by atoms with Crippen LogP contribution in [0.1, 0.15) is 32.1 Å². The van der Waals surface area contributed by atoms with Crippen LogP contribution in [0.3, 0.4) is 0 Å². The summed E-state index contributed by atoms with van der Waals surface area (Å²) in [6.07, 6.45) is -3.23. The van der Waals surface area contributed by atoms with Gasteiger partial charge in [0.25, 0.3) is 0 Å². The molecule has 4 nitrogen and oxygen atoms in total. The monoisotopic (exact) mass is 345 g/mol. The van der Waals surface area contributed by atoms with Crippen molar-refractivity contribution in [2.75, 3.05) is 18.8 Å². The third-order valence-electron chi connectivity index (χ3n) is 4.52. The Morgan fingerprint density at radius 1 is 1.09 bits per heavy atom. The molecule has 2 rings (SSSR count). The van der Waals surface area contributed by atoms with Gasteiger partial charge in [-0.1, -0.05) is 0 Å². The molecule has 1 aliphatic carbocycles. The predicted octanol–water partition coefficient (Wildman–Crippen LogP) is 2.50. The van der Waals surface area contributed by atoms with Crippen molar-refractivity contribution < 1.29 is 30.3 Å². The summed E-state index contributed by atoms with van der Waals surface area (Å²) >= 11 is 0. The summed E-state index contributed by atoms with van der Waals surface area (Å²) in [6.45, 7) is 0.507. The summed E-state index contributed by atoms with van der Waals surface area (Å²) in [5.74, 6) is -2.73. The topological polar surface area (TPSA) is 54.5 Å². The molecule has 128 valence electrons. The first-order valence-electron chi connectivity index (χ1n) is 7.31. The van der Waals surface area contributed by atoms with Crippen LogP contribution in [0.25, 0.3) is 0 Å². The van der Waals surface area contributed by atoms with Gasteiger partial charge >= 0.3 is 16.4 Å². The lowest BCUT2D eigenvalue weighted by Gasteiger charge is -2.32. The Labute approximate surface area is 127 Å². The third-order valence-corrected chi connectivity index (χ3v) is 5.39. The van der Waals surface area contributed by atoms with Gasteiger partial charge in [-0.15, -0.1) is 3.89 Å². The molecular weight excluding hydrogens is 326 g/mol. The van der Waals surface area contributed by atoms with Crippen molar-refractivity contribution in [3.05, 3.63) is 0 Å². The highest BCUT2D eigenvalue weighted by molar-refractivity contribution is 7.86. The first-order valence-corrected chi connectivity index (χ1v) is 8.86. The van der Waals surface area contributed by atoms with Crippen LogP contribution in [0.15, 0.2) is 0 Å². The van der Waals surface area contributed by atoms with Gasteiger partial charge in [0.15, 0.2) is 0 Å². The minimum atomic E-state index is -4.62. The average molecular weight is 345 g/mol. The lowest BCUT2D eigenvalue weighted by Crippen LogP contribution is -2.35. The molecule has 1 unspecified atom stereocenters. The quantitative estimate of drug-likeness (QED) is 0.581. The zero-order valence-electron chi connectivity index (χ0n) is 12.0. The number of rotatable bonds is 4. The number of nitrogens with zero attached hydrogens (tertiary/aromatic N) is 1. The molecule has 0 spiro atoms. The number of halogens is 4. The van der Waals surface area contributed by atoms with Crippen molar-refractivity contribution in [1.82, 2.24) is 4.90 Å². The lowest BCUT2D eigenvalue weighted by molar-refractivity contribution is -0.184. The number of hydrogen-bond donors (Lipinski definition) is 0. The molecule has 0 N–H and O–H groups in total. The minimum Gasteiger partial charge on any atom is -0.342 e. The van der Waals surface area contributed by atoms with Gasteiger partial charge in [0.2, 0.25) is 5.91 Å². The van der Waals surface area contributed by atoms with Gasteiger partial charge in [-0.25, -0.2) is 0 Å². The van der Waals surface area contributed by atoms with Gasteiger partial charge in [0.1, 0.15) is 0 Å². The molecule has 9 heteroatoms. The van der Waals surface area contributed by atoms with Crippen molar-refractivity contribution in [1.29, 1.82) is 0 Å². The van der Waals surface area contributed by atoms with E-state index in [2.05, 4.69) is 0 Å². The fourth-order valence-corrected chi connectivity index (χ4v) is 4.19. The van der Waals surface area contributed by atoms with E-state index in [4.69, 9.17) is 0 Å². The van der Waals surface area contributed by atoms with Crippen molar-refractivity contribution in [2.45, 2.75) is 38.3 Å². The molecule has 1 atom stereocenters. The second-order valence-electron chi connectivity index (χ2n) is 6.33. The fourth-order valence-electron chi connectivity index (χ4n) is 3.41.